The first-order valence-corrected chi connectivity index (χ1v) is 5.81. The molecular formula is C11H11BrF3NO2. The lowest BCUT2D eigenvalue weighted by Gasteiger charge is -2.22. The van der Waals surface area contributed by atoms with Crippen LogP contribution in [-0.4, -0.2) is 35.2 Å². The van der Waals surface area contributed by atoms with Crippen molar-refractivity contribution in [3.8, 4) is 0 Å². The molecule has 0 aliphatic carbocycles. The molecule has 0 radical (unpaired) electrons. The molecule has 0 aromatic heterocycles. The fourth-order valence-electron chi connectivity index (χ4n) is 1.48. The molecule has 0 amide bonds. The number of alkyl halides is 3. The van der Waals surface area contributed by atoms with E-state index in [4.69, 9.17) is 5.11 Å². The summed E-state index contributed by atoms with van der Waals surface area (Å²) in [7, 11) is 0. The molecule has 3 nitrogen and oxygen atoms in total. The van der Waals surface area contributed by atoms with Crippen molar-refractivity contribution in [3.63, 3.8) is 0 Å². The Hall–Kier alpha value is -1.08. The van der Waals surface area contributed by atoms with Gasteiger partial charge in [0.1, 0.15) is 0 Å². The van der Waals surface area contributed by atoms with Crippen molar-refractivity contribution < 1.29 is 23.1 Å². The van der Waals surface area contributed by atoms with Crippen LogP contribution in [0.3, 0.4) is 0 Å². The minimum Gasteiger partial charge on any atom is -0.480 e. The molecule has 0 spiro atoms. The van der Waals surface area contributed by atoms with Crippen LogP contribution < -0.4 is 0 Å². The van der Waals surface area contributed by atoms with Crippen LogP contribution in [0.4, 0.5) is 13.2 Å². The lowest BCUT2D eigenvalue weighted by Crippen LogP contribution is -2.37. The molecule has 0 fully saturated rings. The fraction of sp³-hybridized carbons (Fsp3) is 0.364. The number of carbonyl (C=O) groups is 1. The van der Waals surface area contributed by atoms with Gasteiger partial charge in [-0.2, -0.15) is 13.2 Å². The Morgan fingerprint density at radius 3 is 2.44 bits per heavy atom. The van der Waals surface area contributed by atoms with Gasteiger partial charge in [-0.3, -0.25) is 9.69 Å². The topological polar surface area (TPSA) is 40.5 Å². The first-order valence-electron chi connectivity index (χ1n) is 5.02. The van der Waals surface area contributed by atoms with Crippen LogP contribution in [0, 0.1) is 0 Å². The van der Waals surface area contributed by atoms with Gasteiger partial charge in [-0.25, -0.2) is 0 Å². The third-order valence-electron chi connectivity index (χ3n) is 2.11. The molecule has 0 unspecified atom stereocenters. The van der Waals surface area contributed by atoms with E-state index in [2.05, 4.69) is 15.9 Å². The number of carboxylic acids is 1. The summed E-state index contributed by atoms with van der Waals surface area (Å²) in [5.41, 5.74) is 0.614. The first kappa shape index (κ1) is 15.0. The van der Waals surface area contributed by atoms with Crippen molar-refractivity contribution in [2.24, 2.45) is 0 Å². The average molecular weight is 326 g/mol. The van der Waals surface area contributed by atoms with Crippen LogP contribution in [0.1, 0.15) is 5.56 Å². The molecule has 0 heterocycles. The third kappa shape index (κ3) is 5.50. The summed E-state index contributed by atoms with van der Waals surface area (Å²) in [4.78, 5) is 11.4. The Balaban J connectivity index is 2.78. The maximum absolute atomic E-state index is 12.3. The number of carboxylic acid groups (broad SMARTS) is 1. The SMILES string of the molecule is O=C(O)CN(Cc1ccccc1Br)CC(F)(F)F. The maximum atomic E-state index is 12.3. The largest absolute Gasteiger partial charge is 0.480 e. The zero-order valence-electron chi connectivity index (χ0n) is 9.25. The number of hydrogen-bond acceptors (Lipinski definition) is 2. The summed E-state index contributed by atoms with van der Waals surface area (Å²) < 4.78 is 37.6. The quantitative estimate of drug-likeness (QED) is 0.905. The Kier molecular flexibility index (Phi) is 5.15. The summed E-state index contributed by atoms with van der Waals surface area (Å²) in [5, 5.41) is 8.61. The molecule has 18 heavy (non-hydrogen) atoms. The van der Waals surface area contributed by atoms with Crippen LogP contribution in [0.25, 0.3) is 0 Å². The lowest BCUT2D eigenvalue weighted by molar-refractivity contribution is -0.154. The molecule has 1 rings (SSSR count). The van der Waals surface area contributed by atoms with Crippen molar-refractivity contribution in [1.29, 1.82) is 0 Å². The smallest absolute Gasteiger partial charge is 0.401 e. The second-order valence-electron chi connectivity index (χ2n) is 3.75. The molecule has 7 heteroatoms. The van der Waals surface area contributed by atoms with Gasteiger partial charge in [-0.05, 0) is 11.6 Å². The molecule has 0 atom stereocenters. The Morgan fingerprint density at radius 1 is 1.33 bits per heavy atom. The van der Waals surface area contributed by atoms with Crippen LogP contribution in [0.2, 0.25) is 0 Å². The number of benzene rings is 1. The highest BCUT2D eigenvalue weighted by Crippen LogP contribution is 2.21. The van der Waals surface area contributed by atoms with Gasteiger partial charge in [0.15, 0.2) is 0 Å². The Morgan fingerprint density at radius 2 is 1.94 bits per heavy atom. The number of aliphatic carboxylic acids is 1. The van der Waals surface area contributed by atoms with Gasteiger partial charge in [0, 0.05) is 11.0 Å². The molecule has 1 aromatic rings. The number of rotatable bonds is 5. The first-order chi connectivity index (χ1) is 8.28. The van der Waals surface area contributed by atoms with Gasteiger partial charge in [0.2, 0.25) is 0 Å². The molecule has 100 valence electrons. The van der Waals surface area contributed by atoms with Crippen LogP contribution in [-0.2, 0) is 11.3 Å². The van der Waals surface area contributed by atoms with Gasteiger partial charge < -0.3 is 5.11 Å². The highest BCUT2D eigenvalue weighted by atomic mass is 79.9. The highest BCUT2D eigenvalue weighted by Gasteiger charge is 2.31. The molecule has 0 aliphatic heterocycles. The molecule has 0 aliphatic rings. The summed E-state index contributed by atoms with van der Waals surface area (Å²) >= 11 is 3.22. The van der Waals surface area contributed by atoms with E-state index in [1.54, 1.807) is 24.3 Å². The maximum Gasteiger partial charge on any atom is 0.401 e. The Bertz CT molecular complexity index is 423. The minimum atomic E-state index is -4.42. The van der Waals surface area contributed by atoms with Crippen LogP contribution in [0.5, 0.6) is 0 Å². The molecule has 0 bridgehead atoms. The molecule has 1 N–H and O–H groups in total. The third-order valence-corrected chi connectivity index (χ3v) is 2.89. The zero-order chi connectivity index (χ0) is 13.8. The number of halogens is 4. The van der Waals surface area contributed by atoms with E-state index in [9.17, 15) is 18.0 Å². The van der Waals surface area contributed by atoms with E-state index in [0.29, 0.717) is 10.0 Å². The van der Waals surface area contributed by atoms with Gasteiger partial charge in [0.25, 0.3) is 0 Å². The van der Waals surface area contributed by atoms with E-state index in [-0.39, 0.29) is 6.54 Å². The van der Waals surface area contributed by atoms with Crippen molar-refractivity contribution >= 4 is 21.9 Å². The molecule has 0 saturated heterocycles. The summed E-state index contributed by atoms with van der Waals surface area (Å²) in [6.07, 6.45) is -4.42. The summed E-state index contributed by atoms with van der Waals surface area (Å²) in [6.45, 7) is -1.98. The standard InChI is InChI=1S/C11H11BrF3NO2/c12-9-4-2-1-3-8(9)5-16(6-10(17)18)7-11(13,14)15/h1-4H,5-7H2,(H,17,18). The van der Waals surface area contributed by atoms with E-state index in [0.717, 1.165) is 4.90 Å². The molecule has 0 saturated carbocycles. The Labute approximate surface area is 110 Å². The summed E-state index contributed by atoms with van der Waals surface area (Å²) in [5.74, 6) is -1.29. The van der Waals surface area contributed by atoms with E-state index in [1.807, 2.05) is 0 Å². The van der Waals surface area contributed by atoms with E-state index in [1.165, 1.54) is 0 Å². The van der Waals surface area contributed by atoms with Crippen molar-refractivity contribution in [2.45, 2.75) is 12.7 Å². The van der Waals surface area contributed by atoms with Crippen molar-refractivity contribution in [2.75, 3.05) is 13.1 Å². The second-order valence-corrected chi connectivity index (χ2v) is 4.60. The van der Waals surface area contributed by atoms with Crippen molar-refractivity contribution in [3.05, 3.63) is 34.3 Å². The van der Waals surface area contributed by atoms with E-state index < -0.39 is 25.2 Å². The molecule has 1 aromatic carbocycles. The minimum absolute atomic E-state index is 0.0762. The fourth-order valence-corrected chi connectivity index (χ4v) is 1.89. The van der Waals surface area contributed by atoms with E-state index >= 15 is 0 Å². The van der Waals surface area contributed by atoms with Gasteiger partial charge in [-0.1, -0.05) is 34.1 Å². The van der Waals surface area contributed by atoms with Crippen LogP contribution in [0.15, 0.2) is 28.7 Å². The van der Waals surface area contributed by atoms with Gasteiger partial charge in [0.05, 0.1) is 13.1 Å². The predicted octanol–water partition coefficient (Wildman–Crippen LogP) is 2.90. The van der Waals surface area contributed by atoms with Gasteiger partial charge in [-0.15, -0.1) is 0 Å². The number of nitrogens with zero attached hydrogens (tertiary/aromatic N) is 1. The summed E-state index contributed by atoms with van der Waals surface area (Å²) in [6, 6.07) is 6.77. The second kappa shape index (κ2) is 6.19. The predicted molar refractivity (Wildman–Crippen MR) is 63.1 cm³/mol. The molecular weight excluding hydrogens is 315 g/mol. The van der Waals surface area contributed by atoms with Crippen molar-refractivity contribution in [1.82, 2.24) is 4.90 Å². The van der Waals surface area contributed by atoms with Crippen LogP contribution >= 0.6 is 15.9 Å². The highest BCUT2D eigenvalue weighted by molar-refractivity contribution is 9.10. The van der Waals surface area contributed by atoms with Gasteiger partial charge >= 0.3 is 12.1 Å². The lowest BCUT2D eigenvalue weighted by atomic mass is 10.2. The monoisotopic (exact) mass is 325 g/mol. The normalized spacial score (nSPS) is 11.8. The zero-order valence-corrected chi connectivity index (χ0v) is 10.8. The average Bonchev–Trinajstić information content (AvgIpc) is 2.17. The number of hydrogen-bond donors (Lipinski definition) is 1.